The van der Waals surface area contributed by atoms with Crippen molar-refractivity contribution in [2.24, 2.45) is 0 Å². The van der Waals surface area contributed by atoms with Gasteiger partial charge in [0.05, 0.1) is 31.2 Å². The number of aromatic nitrogens is 1. The van der Waals surface area contributed by atoms with E-state index >= 15 is 0 Å². The molecule has 0 saturated carbocycles. The zero-order valence-corrected chi connectivity index (χ0v) is 11.9. The van der Waals surface area contributed by atoms with E-state index in [2.05, 4.69) is 9.72 Å². The Kier molecular flexibility index (Phi) is 2.13. The van der Waals surface area contributed by atoms with Crippen LogP contribution in [0.5, 0.6) is 5.88 Å². The summed E-state index contributed by atoms with van der Waals surface area (Å²) < 4.78 is 60.4. The van der Waals surface area contributed by atoms with Crippen molar-refractivity contribution in [3.8, 4) is 5.88 Å². The van der Waals surface area contributed by atoms with Crippen molar-refractivity contribution in [2.75, 3.05) is 13.1 Å². The second kappa shape index (κ2) is 4.72. The van der Waals surface area contributed by atoms with Crippen LogP contribution in [0.1, 0.15) is 34.5 Å². The number of pyridine rings is 1. The van der Waals surface area contributed by atoms with Gasteiger partial charge in [-0.05, 0) is 33.8 Å². The Labute approximate surface area is 126 Å². The lowest BCUT2D eigenvalue weighted by molar-refractivity contribution is -0.0809. The first-order valence-corrected chi connectivity index (χ1v) is 6.42. The minimum Gasteiger partial charge on any atom is -0.470 e. The third-order valence-electron chi connectivity index (χ3n) is 3.79. The molecule has 2 saturated heterocycles. The number of ether oxygens (including phenoxy) is 2. The molecule has 1 aromatic heterocycles. The van der Waals surface area contributed by atoms with Gasteiger partial charge in [0.15, 0.2) is 0 Å². The molecule has 6 heteroatoms. The summed E-state index contributed by atoms with van der Waals surface area (Å²) in [5, 5.41) is 0. The molecule has 3 rings (SSSR count). The monoisotopic (exact) mass is 282 g/mol. The van der Waals surface area contributed by atoms with Gasteiger partial charge in [-0.25, -0.2) is 4.98 Å². The van der Waals surface area contributed by atoms with Crippen LogP contribution in [-0.4, -0.2) is 42.5 Å². The molecule has 0 aromatic carbocycles. The molecule has 0 amide bonds. The summed E-state index contributed by atoms with van der Waals surface area (Å²) in [6.45, 7) is 2.28. The normalized spacial score (nSPS) is 34.8. The molecule has 1 aromatic rings. The van der Waals surface area contributed by atoms with Gasteiger partial charge >= 0.3 is 7.12 Å². The first kappa shape index (κ1) is 9.02. The van der Waals surface area contributed by atoms with Crippen LogP contribution >= 0.6 is 0 Å². The molecule has 0 unspecified atom stereocenters. The molecule has 0 radical (unpaired) electrons. The summed E-state index contributed by atoms with van der Waals surface area (Å²) in [7, 11) is -0.838. The van der Waals surface area contributed by atoms with E-state index in [1.165, 1.54) is 6.20 Å². The molecule has 0 aliphatic carbocycles. The van der Waals surface area contributed by atoms with Crippen molar-refractivity contribution in [1.82, 2.24) is 4.98 Å². The van der Waals surface area contributed by atoms with E-state index in [9.17, 15) is 0 Å². The Morgan fingerprint density at radius 2 is 2.00 bits per heavy atom. The Morgan fingerprint density at radius 1 is 1.35 bits per heavy atom. The highest BCUT2D eigenvalue weighted by molar-refractivity contribution is 6.63. The molecule has 20 heavy (non-hydrogen) atoms. The first-order valence-electron chi connectivity index (χ1n) is 8.92. The third-order valence-corrected chi connectivity index (χ3v) is 3.79. The molecule has 2 aliphatic rings. The fourth-order valence-electron chi connectivity index (χ4n) is 1.87. The maximum atomic E-state index is 8.11. The maximum absolute atomic E-state index is 8.11. The van der Waals surface area contributed by atoms with Crippen molar-refractivity contribution in [3.05, 3.63) is 18.3 Å². The van der Waals surface area contributed by atoms with Crippen molar-refractivity contribution < 1.29 is 25.6 Å². The summed E-state index contributed by atoms with van der Waals surface area (Å²) in [6, 6.07) is 3.25. The summed E-state index contributed by atoms with van der Waals surface area (Å²) in [5.41, 5.74) is -0.857. The Morgan fingerprint density at radius 3 is 2.60 bits per heavy atom. The van der Waals surface area contributed by atoms with Crippen LogP contribution in [0.15, 0.2) is 18.3 Å². The molecule has 2 aliphatic heterocycles. The standard InChI is InChI=1S/C14H20BNO4/c1-13(2)14(3,4)20-15(19-13)11-6-5-7-16-12(11)18-10-8-17-9-10/h5-7,10H,8-9H2,1-4H3/i8D2,9D2,10D. The van der Waals surface area contributed by atoms with Gasteiger partial charge in [-0.2, -0.15) is 0 Å². The van der Waals surface area contributed by atoms with Gasteiger partial charge in [-0.1, -0.05) is 6.07 Å². The Hall–Kier alpha value is -1.11. The molecule has 0 N–H and O–H groups in total. The van der Waals surface area contributed by atoms with Crippen molar-refractivity contribution in [1.29, 1.82) is 0 Å². The topological polar surface area (TPSA) is 49.8 Å². The highest BCUT2D eigenvalue weighted by atomic mass is 16.7. The summed E-state index contributed by atoms with van der Waals surface area (Å²) in [6.07, 6.45) is -1.20. The van der Waals surface area contributed by atoms with Gasteiger partial charge in [-0.3, -0.25) is 0 Å². The van der Waals surface area contributed by atoms with E-state index < -0.39 is 37.5 Å². The zero-order valence-electron chi connectivity index (χ0n) is 16.9. The van der Waals surface area contributed by atoms with Gasteiger partial charge < -0.3 is 18.8 Å². The van der Waals surface area contributed by atoms with E-state index in [0.717, 1.165) is 0 Å². The lowest BCUT2D eigenvalue weighted by atomic mass is 9.80. The molecular formula is C14H20BNO4. The Bertz CT molecular complexity index is 670. The highest BCUT2D eigenvalue weighted by Gasteiger charge is 2.52. The van der Waals surface area contributed by atoms with E-state index in [1.54, 1.807) is 12.1 Å². The average Bonchev–Trinajstić information content (AvgIpc) is 2.66. The zero-order chi connectivity index (χ0) is 18.9. The van der Waals surface area contributed by atoms with Crippen LogP contribution < -0.4 is 10.2 Å². The van der Waals surface area contributed by atoms with Crippen LogP contribution in [0.2, 0.25) is 0 Å². The predicted molar refractivity (Wildman–Crippen MR) is 75.2 cm³/mol. The molecule has 108 valence electrons. The van der Waals surface area contributed by atoms with Gasteiger partial charge in [0, 0.05) is 11.7 Å². The van der Waals surface area contributed by atoms with Crippen molar-refractivity contribution in [3.63, 3.8) is 0 Å². The Balaban J connectivity index is 1.94. The van der Waals surface area contributed by atoms with E-state index in [4.69, 9.17) is 20.9 Å². The average molecular weight is 282 g/mol. The minimum absolute atomic E-state index is 0.132. The van der Waals surface area contributed by atoms with E-state index in [-0.39, 0.29) is 5.88 Å². The number of hydrogen-bond acceptors (Lipinski definition) is 5. The van der Waals surface area contributed by atoms with Gasteiger partial charge in [0.2, 0.25) is 5.88 Å². The second-order valence-electron chi connectivity index (χ2n) is 5.72. The van der Waals surface area contributed by atoms with Gasteiger partial charge in [0.25, 0.3) is 0 Å². The smallest absolute Gasteiger partial charge is 0.470 e. The number of nitrogens with zero attached hydrogens (tertiary/aromatic N) is 1. The largest absolute Gasteiger partial charge is 0.500 e. The molecule has 0 atom stereocenters. The van der Waals surface area contributed by atoms with Crippen LogP contribution in [0.4, 0.5) is 0 Å². The molecule has 0 bridgehead atoms. The molecule has 3 heterocycles. The molecular weight excluding hydrogens is 257 g/mol. The van der Waals surface area contributed by atoms with Crippen LogP contribution in [-0.2, 0) is 14.0 Å². The van der Waals surface area contributed by atoms with Crippen molar-refractivity contribution >= 4 is 12.6 Å². The predicted octanol–water partition coefficient (Wildman–Crippen LogP) is 1.16. The summed E-state index contributed by atoms with van der Waals surface area (Å²) in [5.74, 6) is -0.132. The van der Waals surface area contributed by atoms with Crippen LogP contribution in [0.25, 0.3) is 0 Å². The fourth-order valence-corrected chi connectivity index (χ4v) is 1.87. The molecule has 2 fully saturated rings. The SMILES string of the molecule is [2H]C1([2H])OC([2H])([2H])C1([2H])Oc1ncccc1B1OC(C)(C)C(C)(C)O1. The molecule has 0 spiro atoms. The van der Waals surface area contributed by atoms with Gasteiger partial charge in [0.1, 0.15) is 6.08 Å². The van der Waals surface area contributed by atoms with E-state index in [1.807, 2.05) is 27.7 Å². The third kappa shape index (κ3) is 2.32. The lowest BCUT2D eigenvalue weighted by Gasteiger charge is -2.32. The number of hydrogen-bond donors (Lipinski definition) is 0. The fraction of sp³-hybridized carbons (Fsp3) is 0.643. The van der Waals surface area contributed by atoms with Gasteiger partial charge in [-0.15, -0.1) is 0 Å². The summed E-state index contributed by atoms with van der Waals surface area (Å²) in [4.78, 5) is 4.03. The first-order chi connectivity index (χ1) is 11.2. The molecule has 5 nitrogen and oxygen atoms in total. The maximum Gasteiger partial charge on any atom is 0.500 e. The highest BCUT2D eigenvalue weighted by Crippen LogP contribution is 2.37. The summed E-state index contributed by atoms with van der Waals surface area (Å²) >= 11 is 0. The van der Waals surface area contributed by atoms with Crippen LogP contribution in [0, 0.1) is 0 Å². The second-order valence-corrected chi connectivity index (χ2v) is 5.72. The minimum atomic E-state index is -2.62. The van der Waals surface area contributed by atoms with Crippen molar-refractivity contribution in [2.45, 2.75) is 45.0 Å². The van der Waals surface area contributed by atoms with E-state index in [0.29, 0.717) is 5.46 Å². The lowest BCUT2D eigenvalue weighted by Crippen LogP contribution is -2.42. The quantitative estimate of drug-likeness (QED) is 0.779. The number of rotatable bonds is 3. The van der Waals surface area contributed by atoms with Crippen LogP contribution in [0.3, 0.4) is 0 Å².